The molecule has 1 atom stereocenters. The Morgan fingerprint density at radius 2 is 1.83 bits per heavy atom. The van der Waals surface area contributed by atoms with Crippen molar-refractivity contribution in [3.05, 3.63) is 48.8 Å². The summed E-state index contributed by atoms with van der Waals surface area (Å²) in [5.41, 5.74) is 8.65. The fourth-order valence-electron chi connectivity index (χ4n) is 6.22. The van der Waals surface area contributed by atoms with E-state index in [1.807, 2.05) is 48.3 Å². The Morgan fingerprint density at radius 3 is 2.52 bits per heavy atom. The first kappa shape index (κ1) is 26.5. The number of likely N-dealkylation sites (tertiary alicyclic amines) is 1. The van der Waals surface area contributed by atoms with E-state index in [0.717, 1.165) is 42.1 Å². The first-order valence-electron chi connectivity index (χ1n) is 14.0. The van der Waals surface area contributed by atoms with Crippen LogP contribution in [0.2, 0.25) is 0 Å². The number of likely N-dealkylation sites (N-methyl/N-ethyl adjacent to an activating group) is 1. The molecule has 2 aliphatic heterocycles. The number of halogens is 2. The largest absolute Gasteiger partial charge is 0.487 e. The van der Waals surface area contributed by atoms with Crippen LogP contribution in [0.15, 0.2) is 48.8 Å². The predicted octanol–water partition coefficient (Wildman–Crippen LogP) is 3.98. The number of hydrogen-bond acceptors (Lipinski definition) is 10. The molecule has 1 aromatic carbocycles. The minimum absolute atomic E-state index is 0.0232. The van der Waals surface area contributed by atoms with Crippen LogP contribution in [0.4, 0.5) is 32.2 Å². The molecule has 3 aromatic heterocycles. The molecule has 1 unspecified atom stereocenters. The van der Waals surface area contributed by atoms with Crippen LogP contribution >= 0.6 is 0 Å². The van der Waals surface area contributed by atoms with Gasteiger partial charge < -0.3 is 25.6 Å². The van der Waals surface area contributed by atoms with Gasteiger partial charge in [0.05, 0.1) is 11.4 Å². The molecule has 0 bridgehead atoms. The minimum Gasteiger partial charge on any atom is -0.487 e. The van der Waals surface area contributed by atoms with Gasteiger partial charge in [0.1, 0.15) is 17.7 Å². The molecule has 3 aliphatic rings. The van der Waals surface area contributed by atoms with Crippen molar-refractivity contribution < 1.29 is 13.5 Å². The summed E-state index contributed by atoms with van der Waals surface area (Å²) < 4.78 is 34.8. The number of anilines is 4. The summed E-state index contributed by atoms with van der Waals surface area (Å²) in [6.07, 6.45) is 4.30. The number of alkyl halides is 2. The second kappa shape index (κ2) is 9.86. The van der Waals surface area contributed by atoms with Gasteiger partial charge in [-0.15, -0.1) is 5.10 Å². The van der Waals surface area contributed by atoms with Crippen LogP contribution in [-0.4, -0.2) is 79.9 Å². The van der Waals surface area contributed by atoms with Crippen LogP contribution in [-0.2, 0) is 7.05 Å². The minimum atomic E-state index is -2.51. The van der Waals surface area contributed by atoms with E-state index in [4.69, 9.17) is 15.5 Å². The van der Waals surface area contributed by atoms with Gasteiger partial charge in [0, 0.05) is 75.0 Å². The van der Waals surface area contributed by atoms with Gasteiger partial charge in [-0.3, -0.25) is 0 Å². The molecule has 13 heteroatoms. The van der Waals surface area contributed by atoms with Crippen molar-refractivity contribution in [1.29, 1.82) is 0 Å². The van der Waals surface area contributed by atoms with Crippen LogP contribution in [0, 0.1) is 5.41 Å². The van der Waals surface area contributed by atoms with Gasteiger partial charge in [-0.1, -0.05) is 6.07 Å². The van der Waals surface area contributed by atoms with E-state index in [0.29, 0.717) is 36.3 Å². The molecule has 3 fully saturated rings. The lowest BCUT2D eigenvalue weighted by Gasteiger charge is -2.59. The van der Waals surface area contributed by atoms with Gasteiger partial charge in [0.25, 0.3) is 0 Å². The van der Waals surface area contributed by atoms with Crippen LogP contribution in [0.25, 0.3) is 22.6 Å². The van der Waals surface area contributed by atoms with E-state index in [-0.39, 0.29) is 30.3 Å². The van der Waals surface area contributed by atoms with Crippen molar-refractivity contribution in [2.75, 3.05) is 49.2 Å². The zero-order valence-electron chi connectivity index (χ0n) is 23.5. The summed E-state index contributed by atoms with van der Waals surface area (Å²) in [5.74, 6) is 0.215. The molecule has 218 valence electrons. The topological polar surface area (TPSA) is 123 Å². The van der Waals surface area contributed by atoms with Crippen molar-refractivity contribution in [2.45, 2.75) is 31.3 Å². The maximum absolute atomic E-state index is 13.4. The number of pyridine rings is 1. The zero-order chi connectivity index (χ0) is 29.1. The Morgan fingerprint density at radius 1 is 1.02 bits per heavy atom. The van der Waals surface area contributed by atoms with Crippen molar-refractivity contribution >= 4 is 23.4 Å². The molecule has 42 heavy (non-hydrogen) atoms. The number of aryl methyl sites for hydroxylation is 1. The van der Waals surface area contributed by atoms with Crippen molar-refractivity contribution in [3.63, 3.8) is 0 Å². The summed E-state index contributed by atoms with van der Waals surface area (Å²) in [4.78, 5) is 21.9. The summed E-state index contributed by atoms with van der Waals surface area (Å²) in [6, 6.07) is 11.5. The highest BCUT2D eigenvalue weighted by molar-refractivity contribution is 5.72. The third-order valence-electron chi connectivity index (χ3n) is 8.25. The number of nitrogen functional groups attached to an aromatic ring is 1. The molecular weight excluding hydrogens is 542 g/mol. The molecular formula is C29H32F2N10O. The lowest BCUT2D eigenvalue weighted by atomic mass is 9.61. The number of nitrogens with two attached hydrogens (primary N) is 1. The van der Waals surface area contributed by atoms with Gasteiger partial charge in [-0.25, -0.2) is 28.4 Å². The standard InChI is InChI=1S/C29H32F2N10O/c1-39-10-8-20(13-39)42-23-11-18(21-7-9-33-26(32)35-21)3-5-22(23)36-27-37-25(38-40(27)2)19-4-6-24(34-12-19)41-16-28(17-41)14-29(30,31)15-28/h3-7,9,11-12,20H,8,10,13-17H2,1-2H3,(H2,32,33,35)(H,36,37,38). The number of hydrogen-bond donors (Lipinski definition) is 2. The molecule has 2 saturated heterocycles. The van der Waals surface area contributed by atoms with E-state index in [9.17, 15) is 8.78 Å². The number of nitrogens with one attached hydrogen (secondary N) is 1. The van der Waals surface area contributed by atoms with Crippen molar-refractivity contribution in [2.24, 2.45) is 12.5 Å². The van der Waals surface area contributed by atoms with E-state index in [1.54, 1.807) is 17.1 Å². The summed E-state index contributed by atoms with van der Waals surface area (Å²) in [5, 5.41) is 7.98. The highest BCUT2D eigenvalue weighted by Gasteiger charge is 2.61. The van der Waals surface area contributed by atoms with Gasteiger partial charge >= 0.3 is 0 Å². The van der Waals surface area contributed by atoms with E-state index < -0.39 is 5.92 Å². The molecule has 11 nitrogen and oxygen atoms in total. The van der Waals surface area contributed by atoms with Gasteiger partial charge in [0.2, 0.25) is 17.8 Å². The van der Waals surface area contributed by atoms with Crippen LogP contribution in [0.5, 0.6) is 5.75 Å². The number of ether oxygens (including phenoxy) is 1. The number of aromatic nitrogens is 6. The zero-order valence-corrected chi connectivity index (χ0v) is 23.5. The third-order valence-corrected chi connectivity index (χ3v) is 8.25. The van der Waals surface area contributed by atoms with Gasteiger partial charge in [0.15, 0.2) is 5.82 Å². The summed E-state index contributed by atoms with van der Waals surface area (Å²) in [7, 11) is 3.90. The molecule has 1 aliphatic carbocycles. The van der Waals surface area contributed by atoms with Gasteiger partial charge in [-0.05, 0) is 43.8 Å². The molecule has 4 aromatic rings. The quantitative estimate of drug-likeness (QED) is 0.335. The SMILES string of the molecule is CN1CCC(Oc2cc(-c3ccnc(N)n3)ccc2Nc2nc(-c3ccc(N4CC5(C4)CC(F)(F)C5)nc3)nn2C)C1. The average Bonchev–Trinajstić information content (AvgIpc) is 3.51. The highest BCUT2D eigenvalue weighted by atomic mass is 19.3. The lowest BCUT2D eigenvalue weighted by Crippen LogP contribution is -2.66. The molecule has 5 heterocycles. The molecule has 0 amide bonds. The number of nitrogens with zero attached hydrogens (tertiary/aromatic N) is 8. The fourth-order valence-corrected chi connectivity index (χ4v) is 6.22. The second-order valence-corrected chi connectivity index (χ2v) is 11.8. The Hall–Kier alpha value is -4.39. The summed E-state index contributed by atoms with van der Waals surface area (Å²) >= 11 is 0. The number of rotatable bonds is 7. The average molecular weight is 575 g/mol. The normalized spacial score (nSPS) is 20.8. The molecule has 0 radical (unpaired) electrons. The van der Waals surface area contributed by atoms with Gasteiger partial charge in [-0.2, -0.15) is 4.98 Å². The smallest absolute Gasteiger partial charge is 0.249 e. The van der Waals surface area contributed by atoms with Crippen molar-refractivity contribution in [3.8, 4) is 28.4 Å². The monoisotopic (exact) mass is 574 g/mol. The first-order valence-corrected chi connectivity index (χ1v) is 14.0. The summed E-state index contributed by atoms with van der Waals surface area (Å²) in [6.45, 7) is 3.06. The fraction of sp³-hybridized carbons (Fsp3) is 0.414. The Labute approximate surface area is 241 Å². The van der Waals surface area contributed by atoms with Crippen molar-refractivity contribution in [1.82, 2.24) is 34.6 Å². The molecule has 7 rings (SSSR count). The maximum atomic E-state index is 13.4. The van der Waals surface area contributed by atoms with Crippen LogP contribution in [0.3, 0.4) is 0 Å². The Kier molecular flexibility index (Phi) is 6.22. The van der Waals surface area contributed by atoms with E-state index in [2.05, 4.69) is 37.3 Å². The Bertz CT molecular complexity index is 1610. The van der Waals surface area contributed by atoms with E-state index in [1.165, 1.54) is 0 Å². The molecule has 3 N–H and O–H groups in total. The molecule has 1 saturated carbocycles. The second-order valence-electron chi connectivity index (χ2n) is 11.8. The maximum Gasteiger partial charge on any atom is 0.249 e. The van der Waals surface area contributed by atoms with Crippen LogP contribution in [0.1, 0.15) is 19.3 Å². The van der Waals surface area contributed by atoms with Crippen LogP contribution < -0.4 is 20.7 Å². The number of benzene rings is 1. The highest BCUT2D eigenvalue weighted by Crippen LogP contribution is 2.57. The predicted molar refractivity (Wildman–Crippen MR) is 155 cm³/mol. The first-order chi connectivity index (χ1) is 20.1. The lowest BCUT2D eigenvalue weighted by molar-refractivity contribution is -0.170. The molecule has 1 spiro atoms. The Balaban J connectivity index is 1.09. The third kappa shape index (κ3) is 5.08. The van der Waals surface area contributed by atoms with E-state index >= 15 is 0 Å².